The van der Waals surface area contributed by atoms with Crippen molar-refractivity contribution in [3.63, 3.8) is 0 Å². The molecule has 1 heterocycles. The van der Waals surface area contributed by atoms with Crippen LogP contribution in [0.5, 0.6) is 5.75 Å². The molecule has 4 rings (SSSR count). The molecule has 178 valence electrons. The summed E-state index contributed by atoms with van der Waals surface area (Å²) in [5.41, 5.74) is 2.21. The molecule has 0 bridgehead atoms. The number of rotatable bonds is 8. The second-order valence-corrected chi connectivity index (χ2v) is 11.4. The number of hydrogen-bond acceptors (Lipinski definition) is 5. The van der Waals surface area contributed by atoms with Crippen molar-refractivity contribution < 1.29 is 22.7 Å². The molecule has 1 aliphatic rings. The lowest BCUT2D eigenvalue weighted by Gasteiger charge is -2.27. The monoisotopic (exact) mass is 543 g/mol. The third-order valence-electron chi connectivity index (χ3n) is 5.84. The number of para-hydroxylation sites is 1. The topological polar surface area (TPSA) is 74.6 Å². The molecule has 6 nitrogen and oxygen atoms in total. The van der Waals surface area contributed by atoms with Crippen LogP contribution in [0.4, 0.5) is 0 Å². The van der Waals surface area contributed by atoms with Crippen LogP contribution in [0.25, 0.3) is 10.9 Å². The smallest absolute Gasteiger partial charge is 0.310 e. The molecule has 0 aliphatic heterocycles. The van der Waals surface area contributed by atoms with Gasteiger partial charge in [0, 0.05) is 21.6 Å². The highest BCUT2D eigenvalue weighted by molar-refractivity contribution is 9.10. The van der Waals surface area contributed by atoms with Gasteiger partial charge in [0.25, 0.3) is 0 Å². The minimum Gasteiger partial charge on any atom is -0.489 e. The van der Waals surface area contributed by atoms with Crippen LogP contribution in [0, 0.1) is 0 Å². The van der Waals surface area contributed by atoms with Gasteiger partial charge >= 0.3 is 5.97 Å². The summed E-state index contributed by atoms with van der Waals surface area (Å²) in [5.74, 6) is 0.305. The van der Waals surface area contributed by atoms with Gasteiger partial charge < -0.3 is 9.47 Å². The zero-order valence-electron chi connectivity index (χ0n) is 19.0. The quantitative estimate of drug-likeness (QED) is 0.348. The van der Waals surface area contributed by atoms with Crippen molar-refractivity contribution in [2.24, 2.45) is 0 Å². The highest BCUT2D eigenvalue weighted by Crippen LogP contribution is 2.35. The van der Waals surface area contributed by atoms with Crippen molar-refractivity contribution in [1.82, 2.24) is 3.97 Å². The predicted molar refractivity (Wildman–Crippen MR) is 136 cm³/mol. The first-order valence-electron chi connectivity index (χ1n) is 11.0. The second kappa shape index (κ2) is 9.80. The van der Waals surface area contributed by atoms with Crippen LogP contribution in [0.15, 0.2) is 77.4 Å². The van der Waals surface area contributed by atoms with E-state index in [1.54, 1.807) is 38.3 Å². The standard InChI is InChI=1S/C26H26BrNO5S/c1-3-32-24(29)17-20-9-5-6-10-23(20)33-18-19-15-21-11-14-28(25(21)22(27)16-19)34(30,31)26(2)12-7-4-8-13-26/h4-12,14-16H,3,13,17-18H2,1-2H3. The molecule has 0 N–H and O–H groups in total. The van der Waals surface area contributed by atoms with Crippen molar-refractivity contribution in [2.45, 2.75) is 38.0 Å². The van der Waals surface area contributed by atoms with E-state index in [1.807, 2.05) is 48.6 Å². The second-order valence-electron chi connectivity index (χ2n) is 8.31. The molecule has 8 heteroatoms. The number of ether oxygens (including phenoxy) is 2. The summed E-state index contributed by atoms with van der Waals surface area (Å²) in [6, 6.07) is 12.9. The maximum atomic E-state index is 13.5. The normalized spacial score (nSPS) is 17.7. The van der Waals surface area contributed by atoms with Gasteiger partial charge in [-0.25, -0.2) is 12.4 Å². The lowest BCUT2D eigenvalue weighted by Crippen LogP contribution is -2.37. The Morgan fingerprint density at radius 2 is 1.97 bits per heavy atom. The van der Waals surface area contributed by atoms with Gasteiger partial charge in [0.1, 0.15) is 17.1 Å². The third-order valence-corrected chi connectivity index (χ3v) is 8.74. The minimum absolute atomic E-state index is 0.135. The van der Waals surface area contributed by atoms with Crippen molar-refractivity contribution in [3.8, 4) is 5.75 Å². The van der Waals surface area contributed by atoms with E-state index in [9.17, 15) is 13.2 Å². The maximum absolute atomic E-state index is 13.5. The van der Waals surface area contributed by atoms with Crippen molar-refractivity contribution in [3.05, 3.63) is 88.6 Å². The molecule has 1 unspecified atom stereocenters. The number of carbonyl (C=O) groups is 1. The van der Waals surface area contributed by atoms with Crippen LogP contribution in [0.2, 0.25) is 0 Å². The minimum atomic E-state index is -3.68. The number of halogens is 1. The highest BCUT2D eigenvalue weighted by atomic mass is 79.9. The molecule has 2 aromatic carbocycles. The molecule has 34 heavy (non-hydrogen) atoms. The predicted octanol–water partition coefficient (Wildman–Crippen LogP) is 5.54. The van der Waals surface area contributed by atoms with E-state index in [0.717, 1.165) is 16.5 Å². The molecule has 0 saturated carbocycles. The Morgan fingerprint density at radius 3 is 2.71 bits per heavy atom. The summed E-state index contributed by atoms with van der Waals surface area (Å²) in [5, 5.41) is 0.787. The average Bonchev–Trinajstić information content (AvgIpc) is 3.24. The van der Waals surface area contributed by atoms with Crippen molar-refractivity contribution in [1.29, 1.82) is 0 Å². The Bertz CT molecular complexity index is 1390. The molecular formula is C26H26BrNO5S. The first kappa shape index (κ1) is 24.3. The fourth-order valence-corrected chi connectivity index (χ4v) is 6.49. The number of hydrogen-bond donors (Lipinski definition) is 0. The fourth-order valence-electron chi connectivity index (χ4n) is 3.99. The van der Waals surface area contributed by atoms with E-state index < -0.39 is 14.8 Å². The van der Waals surface area contributed by atoms with Crippen molar-refractivity contribution in [2.75, 3.05) is 6.61 Å². The van der Waals surface area contributed by atoms with Crippen LogP contribution in [0.3, 0.4) is 0 Å². The van der Waals surface area contributed by atoms with Crippen LogP contribution in [-0.2, 0) is 32.6 Å². The van der Waals surface area contributed by atoms with Gasteiger partial charge in [-0.1, -0.05) is 42.5 Å². The number of fused-ring (bicyclic) bond motifs is 1. The average molecular weight is 544 g/mol. The molecule has 0 spiro atoms. The van der Waals surface area contributed by atoms with E-state index in [0.29, 0.717) is 28.8 Å². The van der Waals surface area contributed by atoms with Crippen LogP contribution in [-0.4, -0.2) is 29.7 Å². The summed E-state index contributed by atoms with van der Waals surface area (Å²) in [6.45, 7) is 4.10. The van der Waals surface area contributed by atoms with Crippen LogP contribution >= 0.6 is 15.9 Å². The Balaban J connectivity index is 1.59. The van der Waals surface area contributed by atoms with Gasteiger partial charge in [-0.2, -0.15) is 0 Å². The molecule has 0 saturated heterocycles. The van der Waals surface area contributed by atoms with Crippen LogP contribution in [0.1, 0.15) is 31.4 Å². The largest absolute Gasteiger partial charge is 0.489 e. The van der Waals surface area contributed by atoms with E-state index >= 15 is 0 Å². The Hall–Kier alpha value is -2.84. The molecule has 0 radical (unpaired) electrons. The lowest BCUT2D eigenvalue weighted by molar-refractivity contribution is -0.142. The zero-order valence-corrected chi connectivity index (χ0v) is 21.4. The van der Waals surface area contributed by atoms with Gasteiger partial charge in [-0.3, -0.25) is 4.79 Å². The van der Waals surface area contributed by atoms with E-state index in [4.69, 9.17) is 9.47 Å². The summed E-state index contributed by atoms with van der Waals surface area (Å²) in [4.78, 5) is 11.9. The van der Waals surface area contributed by atoms with Crippen molar-refractivity contribution >= 4 is 42.8 Å². The number of esters is 1. The molecule has 3 aromatic rings. The number of carbonyl (C=O) groups excluding carboxylic acids is 1. The lowest BCUT2D eigenvalue weighted by atomic mass is 10.0. The molecule has 0 amide bonds. The Morgan fingerprint density at radius 1 is 1.18 bits per heavy atom. The van der Waals surface area contributed by atoms with E-state index in [-0.39, 0.29) is 19.0 Å². The Kier molecular flexibility index (Phi) is 7.00. The fraction of sp³-hybridized carbons (Fsp3) is 0.269. The number of benzene rings is 2. The molecular weight excluding hydrogens is 518 g/mol. The molecule has 1 aromatic heterocycles. The third kappa shape index (κ3) is 4.70. The van der Waals surface area contributed by atoms with Gasteiger partial charge in [0.2, 0.25) is 10.0 Å². The van der Waals surface area contributed by atoms with Gasteiger partial charge in [-0.15, -0.1) is 0 Å². The molecule has 1 atom stereocenters. The summed E-state index contributed by atoms with van der Waals surface area (Å²) in [7, 11) is -3.68. The summed E-state index contributed by atoms with van der Waals surface area (Å²) >= 11 is 3.57. The first-order chi connectivity index (χ1) is 16.2. The van der Waals surface area contributed by atoms with Gasteiger partial charge in [0.05, 0.1) is 18.5 Å². The summed E-state index contributed by atoms with van der Waals surface area (Å²) < 4.78 is 39.1. The van der Waals surface area contributed by atoms with Gasteiger partial charge in [0.15, 0.2) is 0 Å². The molecule has 0 fully saturated rings. The zero-order chi connectivity index (χ0) is 24.3. The SMILES string of the molecule is CCOC(=O)Cc1ccccc1OCc1cc(Br)c2c(ccn2S(=O)(=O)C2(C)C=CC=CC2)c1. The van der Waals surface area contributed by atoms with Gasteiger partial charge in [-0.05, 0) is 66.0 Å². The number of allylic oxidation sites excluding steroid dienone is 3. The first-order valence-corrected chi connectivity index (χ1v) is 13.2. The summed E-state index contributed by atoms with van der Waals surface area (Å²) in [6.07, 6.45) is 9.39. The number of aromatic nitrogens is 1. The van der Waals surface area contributed by atoms with Crippen LogP contribution < -0.4 is 4.74 Å². The van der Waals surface area contributed by atoms with E-state index in [1.165, 1.54) is 3.97 Å². The number of nitrogens with zero attached hydrogens (tertiary/aromatic N) is 1. The Labute approximate surface area is 208 Å². The molecule has 1 aliphatic carbocycles. The van der Waals surface area contributed by atoms with E-state index in [2.05, 4.69) is 15.9 Å². The maximum Gasteiger partial charge on any atom is 0.310 e. The highest BCUT2D eigenvalue weighted by Gasteiger charge is 2.38.